The molecule has 1 fully saturated rings. The molecule has 1 saturated heterocycles. The fraction of sp³-hybridized carbons (Fsp3) is 0.474. The lowest BCUT2D eigenvalue weighted by molar-refractivity contribution is 0.0533. The van der Waals surface area contributed by atoms with Crippen LogP contribution in [0.25, 0.3) is 0 Å². The van der Waals surface area contributed by atoms with Crippen molar-refractivity contribution in [2.75, 3.05) is 33.8 Å². The Morgan fingerprint density at radius 2 is 2.16 bits per heavy atom. The minimum absolute atomic E-state index is 0.0703. The van der Waals surface area contributed by atoms with Gasteiger partial charge in [-0.3, -0.25) is 9.69 Å². The number of amides is 1. The van der Waals surface area contributed by atoms with E-state index in [0.717, 1.165) is 36.5 Å². The molecule has 0 spiro atoms. The first-order valence-corrected chi connectivity index (χ1v) is 8.72. The van der Waals surface area contributed by atoms with Gasteiger partial charge in [0, 0.05) is 37.7 Å². The van der Waals surface area contributed by atoms with E-state index in [0.29, 0.717) is 18.8 Å². The zero-order chi connectivity index (χ0) is 17.8. The Hall–Kier alpha value is -2.34. The Balaban J connectivity index is 1.78. The van der Waals surface area contributed by atoms with Crippen LogP contribution in [0.5, 0.6) is 5.75 Å². The molecule has 1 atom stereocenters. The van der Waals surface area contributed by atoms with E-state index >= 15 is 0 Å². The maximum Gasteiger partial charge on any atom is 0.276 e. The third-order valence-corrected chi connectivity index (χ3v) is 4.71. The molecule has 0 aliphatic carbocycles. The Morgan fingerprint density at radius 1 is 1.36 bits per heavy atom. The summed E-state index contributed by atoms with van der Waals surface area (Å²) >= 11 is 0. The van der Waals surface area contributed by atoms with E-state index in [1.165, 1.54) is 0 Å². The van der Waals surface area contributed by atoms with Crippen LogP contribution in [0.3, 0.4) is 0 Å². The molecule has 3 rings (SSSR count). The quantitative estimate of drug-likeness (QED) is 0.835. The Bertz CT molecular complexity index is 728. The largest absolute Gasteiger partial charge is 0.496 e. The van der Waals surface area contributed by atoms with Gasteiger partial charge in [-0.2, -0.15) is 0 Å². The van der Waals surface area contributed by atoms with Crippen LogP contribution in [0.2, 0.25) is 0 Å². The molecule has 1 aromatic carbocycles. The predicted molar refractivity (Wildman–Crippen MR) is 94.8 cm³/mol. The molecular formula is C19H25N3O3. The summed E-state index contributed by atoms with van der Waals surface area (Å²) in [6, 6.07) is 9.83. The van der Waals surface area contributed by atoms with Crippen LogP contribution in [0, 0.1) is 0 Å². The summed E-state index contributed by atoms with van der Waals surface area (Å²) in [7, 11) is 3.75. The number of piperazine rings is 1. The number of hydrogen-bond acceptors (Lipinski definition) is 5. The maximum atomic E-state index is 12.8. The van der Waals surface area contributed by atoms with Crippen molar-refractivity contribution in [3.05, 3.63) is 47.3 Å². The number of carbonyl (C=O) groups excluding carboxylic acids is 1. The van der Waals surface area contributed by atoms with Crippen molar-refractivity contribution in [3.8, 4) is 5.75 Å². The van der Waals surface area contributed by atoms with E-state index < -0.39 is 0 Å². The van der Waals surface area contributed by atoms with Gasteiger partial charge in [0.1, 0.15) is 11.5 Å². The molecule has 0 bridgehead atoms. The van der Waals surface area contributed by atoms with Crippen molar-refractivity contribution in [2.24, 2.45) is 0 Å². The molecule has 1 aliphatic rings. The van der Waals surface area contributed by atoms with Gasteiger partial charge in [0.2, 0.25) is 0 Å². The van der Waals surface area contributed by atoms with Gasteiger partial charge in [0.25, 0.3) is 5.91 Å². The van der Waals surface area contributed by atoms with Crippen molar-refractivity contribution in [1.29, 1.82) is 0 Å². The second-order valence-electron chi connectivity index (χ2n) is 6.42. The molecule has 25 heavy (non-hydrogen) atoms. The van der Waals surface area contributed by atoms with Crippen LogP contribution < -0.4 is 4.74 Å². The molecule has 1 amide bonds. The highest BCUT2D eigenvalue weighted by molar-refractivity contribution is 5.92. The van der Waals surface area contributed by atoms with Crippen LogP contribution in [0.1, 0.15) is 41.2 Å². The van der Waals surface area contributed by atoms with Gasteiger partial charge in [0.05, 0.1) is 13.2 Å². The van der Waals surface area contributed by atoms with Gasteiger partial charge in [-0.1, -0.05) is 30.3 Å². The van der Waals surface area contributed by atoms with E-state index in [9.17, 15) is 4.79 Å². The average molecular weight is 343 g/mol. The first kappa shape index (κ1) is 17.5. The number of methoxy groups -OCH3 is 1. The number of carbonyl (C=O) groups is 1. The standard InChI is InChI=1S/C19H25N3O3/c1-4-7-14-12-16(20-25-14)19(23)22-11-10-21(2)17(13-22)15-8-5-6-9-18(15)24-3/h5-6,8-9,12,17H,4,7,10-11,13H2,1-3H3. The number of nitrogens with zero attached hydrogens (tertiary/aromatic N) is 3. The third-order valence-electron chi connectivity index (χ3n) is 4.71. The van der Waals surface area contributed by atoms with Gasteiger partial charge in [-0.25, -0.2) is 0 Å². The van der Waals surface area contributed by atoms with Gasteiger partial charge in [-0.05, 0) is 19.5 Å². The van der Waals surface area contributed by atoms with Crippen LogP contribution in [0.15, 0.2) is 34.9 Å². The van der Waals surface area contributed by atoms with Crippen LogP contribution >= 0.6 is 0 Å². The highest BCUT2D eigenvalue weighted by atomic mass is 16.5. The summed E-state index contributed by atoms with van der Waals surface area (Å²) in [4.78, 5) is 16.9. The SMILES string of the molecule is CCCc1cc(C(=O)N2CCN(C)C(c3ccccc3OC)C2)no1. The zero-order valence-electron chi connectivity index (χ0n) is 15.1. The van der Waals surface area contributed by atoms with Gasteiger partial charge >= 0.3 is 0 Å². The lowest BCUT2D eigenvalue weighted by Gasteiger charge is -2.39. The first-order chi connectivity index (χ1) is 12.1. The summed E-state index contributed by atoms with van der Waals surface area (Å²) < 4.78 is 10.8. The van der Waals surface area contributed by atoms with Crippen molar-refractivity contribution in [3.63, 3.8) is 0 Å². The second kappa shape index (κ2) is 7.70. The molecule has 6 nitrogen and oxygen atoms in total. The topological polar surface area (TPSA) is 58.8 Å². The minimum Gasteiger partial charge on any atom is -0.496 e. The van der Waals surface area contributed by atoms with Gasteiger partial charge in [-0.15, -0.1) is 0 Å². The number of para-hydroxylation sites is 1. The molecule has 1 aliphatic heterocycles. The van der Waals surface area contributed by atoms with Crippen LogP contribution in [0.4, 0.5) is 0 Å². The van der Waals surface area contributed by atoms with E-state index in [4.69, 9.17) is 9.26 Å². The monoisotopic (exact) mass is 343 g/mol. The Labute approximate surface area is 148 Å². The van der Waals surface area contributed by atoms with Gasteiger partial charge in [0.15, 0.2) is 5.69 Å². The highest BCUT2D eigenvalue weighted by Gasteiger charge is 2.31. The molecule has 1 aromatic heterocycles. The number of likely N-dealkylation sites (N-methyl/N-ethyl adjacent to an activating group) is 1. The smallest absolute Gasteiger partial charge is 0.276 e. The summed E-state index contributed by atoms with van der Waals surface area (Å²) in [6.07, 6.45) is 1.76. The molecule has 2 heterocycles. The molecule has 134 valence electrons. The number of aryl methyl sites for hydroxylation is 1. The summed E-state index contributed by atoms with van der Waals surface area (Å²) in [5.74, 6) is 1.54. The number of benzene rings is 1. The molecular weight excluding hydrogens is 318 g/mol. The average Bonchev–Trinajstić information content (AvgIpc) is 3.10. The van der Waals surface area contributed by atoms with Crippen LogP contribution in [-0.2, 0) is 6.42 Å². The van der Waals surface area contributed by atoms with Crippen molar-refractivity contribution in [2.45, 2.75) is 25.8 Å². The van der Waals surface area contributed by atoms with E-state index in [1.807, 2.05) is 23.1 Å². The minimum atomic E-state index is -0.0703. The van der Waals surface area contributed by atoms with E-state index in [2.05, 4.69) is 30.1 Å². The third kappa shape index (κ3) is 3.69. The molecule has 1 unspecified atom stereocenters. The van der Waals surface area contributed by atoms with Crippen molar-refractivity contribution >= 4 is 5.91 Å². The predicted octanol–water partition coefficient (Wildman–Crippen LogP) is 2.76. The lowest BCUT2D eigenvalue weighted by atomic mass is 10.0. The molecule has 0 N–H and O–H groups in total. The normalized spacial score (nSPS) is 18.4. The number of ether oxygens (including phenoxy) is 1. The Morgan fingerprint density at radius 3 is 2.92 bits per heavy atom. The van der Waals surface area contributed by atoms with E-state index in [1.54, 1.807) is 13.2 Å². The van der Waals surface area contributed by atoms with Crippen molar-refractivity contribution in [1.82, 2.24) is 15.0 Å². The molecule has 2 aromatic rings. The Kier molecular flexibility index (Phi) is 5.38. The molecule has 0 radical (unpaired) electrons. The first-order valence-electron chi connectivity index (χ1n) is 8.72. The molecule has 6 heteroatoms. The van der Waals surface area contributed by atoms with E-state index in [-0.39, 0.29) is 11.9 Å². The fourth-order valence-corrected chi connectivity index (χ4v) is 3.28. The van der Waals surface area contributed by atoms with Crippen molar-refractivity contribution < 1.29 is 14.1 Å². The van der Waals surface area contributed by atoms with Crippen LogP contribution in [-0.4, -0.2) is 54.7 Å². The maximum absolute atomic E-state index is 12.8. The summed E-state index contributed by atoms with van der Waals surface area (Å²) in [5, 5.41) is 3.96. The number of aromatic nitrogens is 1. The van der Waals surface area contributed by atoms with Gasteiger partial charge < -0.3 is 14.2 Å². The second-order valence-corrected chi connectivity index (χ2v) is 6.42. The number of rotatable bonds is 5. The zero-order valence-corrected chi connectivity index (χ0v) is 15.1. The summed E-state index contributed by atoms with van der Waals surface area (Å²) in [6.45, 7) is 4.15. The summed E-state index contributed by atoms with van der Waals surface area (Å²) in [5.41, 5.74) is 1.49. The number of hydrogen-bond donors (Lipinski definition) is 0. The lowest BCUT2D eigenvalue weighted by Crippen LogP contribution is -2.49. The molecule has 0 saturated carbocycles. The fourth-order valence-electron chi connectivity index (χ4n) is 3.28. The highest BCUT2D eigenvalue weighted by Crippen LogP contribution is 2.31.